The van der Waals surface area contributed by atoms with Crippen molar-refractivity contribution in [2.75, 3.05) is 16.8 Å². The van der Waals surface area contributed by atoms with E-state index in [-0.39, 0.29) is 23.1 Å². The summed E-state index contributed by atoms with van der Waals surface area (Å²) in [5, 5.41) is 17.4. The van der Waals surface area contributed by atoms with Crippen molar-refractivity contribution in [1.82, 2.24) is 24.6 Å². The Morgan fingerprint density at radius 3 is 2.74 bits per heavy atom. The first kappa shape index (κ1) is 20.3. The molecule has 3 heterocycles. The maximum Gasteiger partial charge on any atom is 0.224 e. The monoisotopic (exact) mass is 437 g/mol. The van der Waals surface area contributed by atoms with Gasteiger partial charge in [-0.1, -0.05) is 23.7 Å². The van der Waals surface area contributed by atoms with Crippen LogP contribution in [0.5, 0.6) is 0 Å². The van der Waals surface area contributed by atoms with Gasteiger partial charge in [-0.3, -0.25) is 0 Å². The van der Waals surface area contributed by atoms with Gasteiger partial charge >= 0.3 is 0 Å². The van der Waals surface area contributed by atoms with Crippen molar-refractivity contribution in [3.05, 3.63) is 58.1 Å². The second-order valence-corrected chi connectivity index (χ2v) is 7.27. The Kier molecular flexibility index (Phi) is 5.04. The average molecular weight is 438 g/mol. The van der Waals surface area contributed by atoms with E-state index >= 15 is 0 Å². The highest BCUT2D eigenvalue weighted by atomic mass is 35.5. The van der Waals surface area contributed by atoms with E-state index in [1.807, 2.05) is 13.0 Å². The molecule has 0 spiro atoms. The second kappa shape index (κ2) is 7.70. The smallest absolute Gasteiger partial charge is 0.224 e. The number of hydrogen-bond acceptors (Lipinski definition) is 8. The first-order chi connectivity index (χ1) is 14.8. The van der Waals surface area contributed by atoms with Crippen molar-refractivity contribution in [2.45, 2.75) is 19.9 Å². The molecular formula is C20H17ClFN9. The molecule has 0 radical (unpaired) electrons. The highest BCUT2D eigenvalue weighted by Crippen LogP contribution is 2.32. The number of benzene rings is 1. The molecule has 0 aliphatic carbocycles. The molecule has 0 saturated heterocycles. The van der Waals surface area contributed by atoms with Crippen LogP contribution in [0.1, 0.15) is 29.8 Å². The number of rotatable bonds is 4. The number of aromatic nitrogens is 5. The normalized spacial score (nSPS) is 12.0. The second-order valence-electron chi connectivity index (χ2n) is 6.89. The number of fused-ring (bicyclic) bond motifs is 1. The van der Waals surface area contributed by atoms with Crippen molar-refractivity contribution < 1.29 is 4.39 Å². The van der Waals surface area contributed by atoms with Gasteiger partial charge in [0, 0.05) is 17.3 Å². The van der Waals surface area contributed by atoms with Crippen LogP contribution < -0.4 is 16.8 Å². The summed E-state index contributed by atoms with van der Waals surface area (Å²) in [5.74, 6) is -0.317. The summed E-state index contributed by atoms with van der Waals surface area (Å²) in [7, 11) is 0. The molecule has 156 valence electrons. The van der Waals surface area contributed by atoms with E-state index in [2.05, 4.69) is 25.4 Å². The van der Waals surface area contributed by atoms with Crippen LogP contribution in [-0.4, -0.2) is 24.6 Å². The molecule has 31 heavy (non-hydrogen) atoms. The largest absolute Gasteiger partial charge is 0.382 e. The van der Waals surface area contributed by atoms with E-state index in [1.54, 1.807) is 29.8 Å². The lowest BCUT2D eigenvalue weighted by Crippen LogP contribution is -2.15. The number of nitrogens with zero attached hydrogens (tertiary/aromatic N) is 6. The highest BCUT2D eigenvalue weighted by molar-refractivity contribution is 6.34. The minimum Gasteiger partial charge on any atom is -0.382 e. The highest BCUT2D eigenvalue weighted by Gasteiger charge is 2.21. The molecule has 0 saturated carbocycles. The first-order valence-electron chi connectivity index (χ1n) is 9.19. The Bertz CT molecular complexity index is 1360. The zero-order valence-corrected chi connectivity index (χ0v) is 17.3. The van der Waals surface area contributed by atoms with Gasteiger partial charge in [0.05, 0.1) is 17.4 Å². The Morgan fingerprint density at radius 2 is 2.03 bits per heavy atom. The van der Waals surface area contributed by atoms with E-state index in [9.17, 15) is 9.65 Å². The van der Waals surface area contributed by atoms with Crippen LogP contribution in [0.15, 0.2) is 30.5 Å². The molecule has 1 atom stereocenters. The Morgan fingerprint density at radius 1 is 1.26 bits per heavy atom. The lowest BCUT2D eigenvalue weighted by molar-refractivity contribution is 0.628. The Hall–Kier alpha value is -3.97. The van der Waals surface area contributed by atoms with Crippen LogP contribution in [-0.2, 0) is 0 Å². The van der Waals surface area contributed by atoms with Gasteiger partial charge in [-0.25, -0.2) is 13.9 Å². The number of nitrogens with one attached hydrogen (secondary N) is 1. The predicted octanol–water partition coefficient (Wildman–Crippen LogP) is 3.50. The SMILES string of the molecule is Cc1nn2cc([C@H](C)Nc3nc(N)nc(N)c3C#N)c(-c3cccc(F)c3)nc2c1Cl. The van der Waals surface area contributed by atoms with E-state index in [0.29, 0.717) is 33.2 Å². The molecule has 9 nitrogen and oxygen atoms in total. The number of nitrogens with two attached hydrogens (primary N) is 2. The van der Waals surface area contributed by atoms with Gasteiger partial charge in [-0.15, -0.1) is 0 Å². The fraction of sp³-hybridized carbons (Fsp3) is 0.150. The molecular weight excluding hydrogens is 421 g/mol. The first-order valence-corrected chi connectivity index (χ1v) is 9.57. The number of anilines is 3. The predicted molar refractivity (Wildman–Crippen MR) is 116 cm³/mol. The molecule has 3 aromatic heterocycles. The number of halogens is 2. The van der Waals surface area contributed by atoms with Gasteiger partial charge in [0.25, 0.3) is 0 Å². The zero-order valence-electron chi connectivity index (χ0n) is 16.6. The third kappa shape index (κ3) is 3.67. The minimum absolute atomic E-state index is 0.0295. The topological polar surface area (TPSA) is 144 Å². The van der Waals surface area contributed by atoms with Gasteiger partial charge in [-0.2, -0.15) is 20.3 Å². The maximum absolute atomic E-state index is 13.9. The van der Waals surface area contributed by atoms with E-state index < -0.39 is 11.9 Å². The van der Waals surface area contributed by atoms with Crippen LogP contribution in [0, 0.1) is 24.1 Å². The summed E-state index contributed by atoms with van der Waals surface area (Å²) in [6, 6.07) is 7.61. The fourth-order valence-corrected chi connectivity index (χ4v) is 3.41. The van der Waals surface area contributed by atoms with Crippen LogP contribution in [0.4, 0.5) is 22.0 Å². The molecule has 0 aliphatic rings. The van der Waals surface area contributed by atoms with Crippen molar-refractivity contribution in [3.8, 4) is 17.3 Å². The summed E-state index contributed by atoms with van der Waals surface area (Å²) in [4.78, 5) is 12.6. The lowest BCUT2D eigenvalue weighted by atomic mass is 10.0. The van der Waals surface area contributed by atoms with Crippen molar-refractivity contribution in [2.24, 2.45) is 0 Å². The van der Waals surface area contributed by atoms with Crippen LogP contribution in [0.3, 0.4) is 0 Å². The number of hydrogen-bond donors (Lipinski definition) is 3. The van der Waals surface area contributed by atoms with Gasteiger partial charge in [-0.05, 0) is 26.0 Å². The lowest BCUT2D eigenvalue weighted by Gasteiger charge is -2.19. The van der Waals surface area contributed by atoms with Crippen molar-refractivity contribution in [1.29, 1.82) is 5.26 Å². The molecule has 11 heteroatoms. The van der Waals surface area contributed by atoms with Gasteiger partial charge < -0.3 is 16.8 Å². The summed E-state index contributed by atoms with van der Waals surface area (Å²) in [6.07, 6.45) is 1.75. The maximum atomic E-state index is 13.9. The summed E-state index contributed by atoms with van der Waals surface area (Å²) in [6.45, 7) is 3.60. The molecule has 4 rings (SSSR count). The van der Waals surface area contributed by atoms with Gasteiger partial charge in [0.15, 0.2) is 11.5 Å². The van der Waals surface area contributed by atoms with Crippen LogP contribution in [0.2, 0.25) is 5.02 Å². The number of nitriles is 1. The van der Waals surface area contributed by atoms with E-state index in [0.717, 1.165) is 0 Å². The molecule has 4 aromatic rings. The van der Waals surface area contributed by atoms with Crippen molar-refractivity contribution >= 4 is 34.8 Å². The van der Waals surface area contributed by atoms with Gasteiger partial charge in [0.2, 0.25) is 5.95 Å². The summed E-state index contributed by atoms with van der Waals surface area (Å²) >= 11 is 6.35. The molecule has 1 aromatic carbocycles. The molecule has 0 amide bonds. The van der Waals surface area contributed by atoms with Crippen molar-refractivity contribution in [3.63, 3.8) is 0 Å². The average Bonchev–Trinajstić information content (AvgIpc) is 3.00. The number of aryl methyl sites for hydroxylation is 1. The quantitative estimate of drug-likeness (QED) is 0.440. The Labute approximate surface area is 181 Å². The molecule has 0 unspecified atom stereocenters. The fourth-order valence-electron chi connectivity index (χ4n) is 3.25. The standard InChI is InChI=1S/C20H17ClFN9/c1-9(26-18-13(7-23)17(24)28-20(25)29-18)14-8-31-19(15(21)10(2)30-31)27-16(14)11-4-3-5-12(22)6-11/h3-6,8-9H,1-2H3,(H5,24,25,26,28,29)/t9-/m0/s1. The number of nitrogen functional groups attached to an aromatic ring is 2. The molecule has 5 N–H and O–H groups in total. The molecule has 0 fully saturated rings. The summed E-state index contributed by atoms with van der Waals surface area (Å²) in [5.41, 5.74) is 14.3. The van der Waals surface area contributed by atoms with Crippen LogP contribution >= 0.6 is 11.6 Å². The summed E-state index contributed by atoms with van der Waals surface area (Å²) < 4.78 is 15.5. The Balaban J connectivity index is 1.88. The molecule has 0 aliphatic heterocycles. The third-order valence-corrected chi connectivity index (χ3v) is 5.17. The van der Waals surface area contributed by atoms with Crippen LogP contribution in [0.25, 0.3) is 16.9 Å². The van der Waals surface area contributed by atoms with E-state index in [4.69, 9.17) is 23.1 Å². The zero-order chi connectivity index (χ0) is 22.3. The third-order valence-electron chi connectivity index (χ3n) is 4.73. The molecule has 0 bridgehead atoms. The van der Waals surface area contributed by atoms with Gasteiger partial charge in [0.1, 0.15) is 28.3 Å². The minimum atomic E-state index is -0.445. The van der Waals surface area contributed by atoms with E-state index in [1.165, 1.54) is 12.1 Å².